The van der Waals surface area contributed by atoms with Crippen LogP contribution in [0.15, 0.2) is 17.5 Å². The van der Waals surface area contributed by atoms with Crippen molar-refractivity contribution in [2.45, 2.75) is 33.1 Å². The molecular formula is C17H21N3O2S2. The van der Waals surface area contributed by atoms with E-state index in [0.29, 0.717) is 31.1 Å². The molecule has 1 fully saturated rings. The molecule has 1 aliphatic heterocycles. The third-order valence-electron chi connectivity index (χ3n) is 4.34. The van der Waals surface area contributed by atoms with Crippen molar-refractivity contribution in [3.8, 4) is 0 Å². The molecule has 0 saturated carbocycles. The van der Waals surface area contributed by atoms with E-state index in [4.69, 9.17) is 0 Å². The van der Waals surface area contributed by atoms with E-state index in [2.05, 4.69) is 17.2 Å². The lowest BCUT2D eigenvalue weighted by Crippen LogP contribution is -2.41. The number of amides is 2. The molecule has 128 valence electrons. The Bertz CT molecular complexity index is 716. The number of anilines is 1. The zero-order valence-corrected chi connectivity index (χ0v) is 15.5. The second-order valence-corrected chi connectivity index (χ2v) is 8.06. The van der Waals surface area contributed by atoms with Crippen LogP contribution in [0.25, 0.3) is 0 Å². The minimum Gasteiger partial charge on any atom is -0.338 e. The number of hydrogen-bond donors (Lipinski definition) is 1. The summed E-state index contributed by atoms with van der Waals surface area (Å²) in [6.45, 7) is 5.35. The van der Waals surface area contributed by atoms with Gasteiger partial charge >= 0.3 is 0 Å². The van der Waals surface area contributed by atoms with E-state index in [0.717, 1.165) is 21.9 Å². The number of piperidine rings is 1. The van der Waals surface area contributed by atoms with E-state index in [1.54, 1.807) is 0 Å². The molecule has 1 saturated heterocycles. The minimum atomic E-state index is -0.0494. The van der Waals surface area contributed by atoms with Gasteiger partial charge in [-0.05, 0) is 37.6 Å². The minimum absolute atomic E-state index is 0.0228. The number of likely N-dealkylation sites (tertiary alicyclic amines) is 1. The third kappa shape index (κ3) is 3.67. The highest BCUT2D eigenvalue weighted by atomic mass is 32.1. The van der Waals surface area contributed by atoms with Gasteiger partial charge in [-0.15, -0.1) is 22.7 Å². The zero-order valence-electron chi connectivity index (χ0n) is 13.9. The number of carbonyl (C=O) groups excluding carboxylic acids is 2. The molecule has 7 heteroatoms. The standard InChI is InChI=1S/C17H21N3O2S2/c1-3-13-11(2)24-17(18-13)19-15(21)12-6-8-20(9-7-12)16(22)14-5-4-10-23-14/h4-5,10,12H,3,6-9H2,1-2H3,(H,18,19,21). The summed E-state index contributed by atoms with van der Waals surface area (Å²) in [5, 5.41) is 5.54. The van der Waals surface area contributed by atoms with Crippen molar-refractivity contribution in [1.29, 1.82) is 0 Å². The van der Waals surface area contributed by atoms with Crippen molar-refractivity contribution < 1.29 is 9.59 Å². The molecule has 0 radical (unpaired) electrons. The van der Waals surface area contributed by atoms with Gasteiger partial charge in [-0.25, -0.2) is 4.98 Å². The van der Waals surface area contributed by atoms with E-state index in [-0.39, 0.29) is 17.7 Å². The number of aryl methyl sites for hydroxylation is 2. The average Bonchev–Trinajstić information content (AvgIpc) is 3.24. The van der Waals surface area contributed by atoms with Gasteiger partial charge < -0.3 is 10.2 Å². The van der Waals surface area contributed by atoms with Crippen molar-refractivity contribution >= 4 is 39.6 Å². The lowest BCUT2D eigenvalue weighted by molar-refractivity contribution is -0.121. The molecule has 3 heterocycles. The predicted octanol–water partition coefficient (Wildman–Crippen LogP) is 3.57. The first kappa shape index (κ1) is 17.1. The maximum absolute atomic E-state index is 12.4. The Hall–Kier alpha value is -1.73. The number of thiophene rings is 1. The summed E-state index contributed by atoms with van der Waals surface area (Å²) in [4.78, 5) is 33.0. The van der Waals surface area contributed by atoms with Gasteiger partial charge in [0.25, 0.3) is 5.91 Å². The van der Waals surface area contributed by atoms with Crippen molar-refractivity contribution in [3.05, 3.63) is 33.0 Å². The van der Waals surface area contributed by atoms with Gasteiger partial charge in [0.05, 0.1) is 10.6 Å². The summed E-state index contributed by atoms with van der Waals surface area (Å²) < 4.78 is 0. The second kappa shape index (κ2) is 7.44. The van der Waals surface area contributed by atoms with Gasteiger partial charge in [0, 0.05) is 23.9 Å². The fraction of sp³-hybridized carbons (Fsp3) is 0.471. The topological polar surface area (TPSA) is 62.3 Å². The number of thiazole rings is 1. The summed E-state index contributed by atoms with van der Waals surface area (Å²) in [5.74, 6) is 0.0493. The van der Waals surface area contributed by atoms with Gasteiger partial charge in [-0.1, -0.05) is 13.0 Å². The van der Waals surface area contributed by atoms with Crippen molar-refractivity contribution in [2.75, 3.05) is 18.4 Å². The van der Waals surface area contributed by atoms with Crippen LogP contribution in [0, 0.1) is 12.8 Å². The number of carbonyl (C=O) groups is 2. The zero-order chi connectivity index (χ0) is 17.1. The summed E-state index contributed by atoms with van der Waals surface area (Å²) in [6.07, 6.45) is 2.28. The van der Waals surface area contributed by atoms with Crippen LogP contribution in [0.2, 0.25) is 0 Å². The Balaban J connectivity index is 1.54. The van der Waals surface area contributed by atoms with Crippen LogP contribution in [-0.2, 0) is 11.2 Å². The number of rotatable bonds is 4. The summed E-state index contributed by atoms with van der Waals surface area (Å²) in [5.41, 5.74) is 1.05. The molecule has 2 aromatic heterocycles. The first-order valence-electron chi connectivity index (χ1n) is 8.18. The molecular weight excluding hydrogens is 342 g/mol. The molecule has 1 N–H and O–H groups in total. The first-order chi connectivity index (χ1) is 11.6. The lowest BCUT2D eigenvalue weighted by Gasteiger charge is -2.30. The Kier molecular flexibility index (Phi) is 5.30. The summed E-state index contributed by atoms with van der Waals surface area (Å²) in [7, 11) is 0. The van der Waals surface area contributed by atoms with Gasteiger partial charge in [0.2, 0.25) is 5.91 Å². The van der Waals surface area contributed by atoms with E-state index >= 15 is 0 Å². The van der Waals surface area contributed by atoms with E-state index < -0.39 is 0 Å². The Labute approximate surface area is 149 Å². The molecule has 0 atom stereocenters. The van der Waals surface area contributed by atoms with E-state index in [1.165, 1.54) is 22.7 Å². The van der Waals surface area contributed by atoms with Crippen LogP contribution < -0.4 is 5.32 Å². The van der Waals surface area contributed by atoms with E-state index in [1.807, 2.05) is 29.3 Å². The monoisotopic (exact) mass is 363 g/mol. The number of hydrogen-bond acceptors (Lipinski definition) is 5. The molecule has 5 nitrogen and oxygen atoms in total. The Morgan fingerprint density at radius 2 is 2.12 bits per heavy atom. The highest BCUT2D eigenvalue weighted by Crippen LogP contribution is 2.25. The van der Waals surface area contributed by atoms with Crippen LogP contribution in [-0.4, -0.2) is 34.8 Å². The average molecular weight is 364 g/mol. The molecule has 0 aromatic carbocycles. The second-order valence-electron chi connectivity index (χ2n) is 5.91. The fourth-order valence-electron chi connectivity index (χ4n) is 2.92. The Morgan fingerprint density at radius 3 is 2.71 bits per heavy atom. The molecule has 3 rings (SSSR count). The molecule has 0 spiro atoms. The summed E-state index contributed by atoms with van der Waals surface area (Å²) >= 11 is 2.99. The number of aromatic nitrogens is 1. The summed E-state index contributed by atoms with van der Waals surface area (Å²) in [6, 6.07) is 3.74. The van der Waals surface area contributed by atoms with Gasteiger partial charge in [-0.2, -0.15) is 0 Å². The fourth-order valence-corrected chi connectivity index (χ4v) is 4.51. The van der Waals surface area contributed by atoms with Crippen LogP contribution in [0.5, 0.6) is 0 Å². The SMILES string of the molecule is CCc1nc(NC(=O)C2CCN(C(=O)c3cccs3)CC2)sc1C. The first-order valence-corrected chi connectivity index (χ1v) is 9.88. The van der Waals surface area contributed by atoms with Crippen molar-refractivity contribution in [2.24, 2.45) is 5.92 Å². The molecule has 24 heavy (non-hydrogen) atoms. The van der Waals surface area contributed by atoms with Gasteiger partial charge in [0.1, 0.15) is 0 Å². The van der Waals surface area contributed by atoms with Crippen molar-refractivity contribution in [3.63, 3.8) is 0 Å². The molecule has 0 bridgehead atoms. The molecule has 2 aromatic rings. The van der Waals surface area contributed by atoms with Gasteiger partial charge in [-0.3, -0.25) is 9.59 Å². The van der Waals surface area contributed by atoms with Gasteiger partial charge in [0.15, 0.2) is 5.13 Å². The predicted molar refractivity (Wildman–Crippen MR) is 97.8 cm³/mol. The maximum atomic E-state index is 12.4. The third-order valence-corrected chi connectivity index (χ3v) is 6.13. The van der Waals surface area contributed by atoms with E-state index in [9.17, 15) is 9.59 Å². The molecule has 2 amide bonds. The van der Waals surface area contributed by atoms with Crippen molar-refractivity contribution in [1.82, 2.24) is 9.88 Å². The maximum Gasteiger partial charge on any atom is 0.263 e. The van der Waals surface area contributed by atoms with Crippen LogP contribution in [0.1, 0.15) is 40.0 Å². The largest absolute Gasteiger partial charge is 0.338 e. The molecule has 0 unspecified atom stereocenters. The molecule has 0 aliphatic carbocycles. The highest BCUT2D eigenvalue weighted by molar-refractivity contribution is 7.15. The number of nitrogens with zero attached hydrogens (tertiary/aromatic N) is 2. The van der Waals surface area contributed by atoms with Crippen LogP contribution in [0.3, 0.4) is 0 Å². The molecule has 1 aliphatic rings. The highest BCUT2D eigenvalue weighted by Gasteiger charge is 2.28. The smallest absolute Gasteiger partial charge is 0.263 e. The quantitative estimate of drug-likeness (QED) is 0.903. The van der Waals surface area contributed by atoms with Crippen LogP contribution in [0.4, 0.5) is 5.13 Å². The normalized spacial score (nSPS) is 15.5. The number of nitrogens with one attached hydrogen (secondary N) is 1. The van der Waals surface area contributed by atoms with Crippen LogP contribution >= 0.6 is 22.7 Å². The lowest BCUT2D eigenvalue weighted by atomic mass is 9.96. The Morgan fingerprint density at radius 1 is 1.38 bits per heavy atom.